The van der Waals surface area contributed by atoms with E-state index in [9.17, 15) is 0 Å². The Labute approximate surface area is 746 Å². The predicted octanol–water partition coefficient (Wildman–Crippen LogP) is 36.2. The molecule has 654 valence electrons. The van der Waals surface area contributed by atoms with Crippen LogP contribution in [0.5, 0.6) is 0 Å². The zero-order valence-electron chi connectivity index (χ0n) is 96.7. The highest BCUT2D eigenvalue weighted by molar-refractivity contribution is 5.48. The Morgan fingerprint density at radius 1 is 0.256 bits per heavy atom. The van der Waals surface area contributed by atoms with E-state index in [1.165, 1.54) is 61.2 Å². The van der Waals surface area contributed by atoms with Crippen molar-refractivity contribution in [3.8, 4) is 0 Å². The molecule has 0 spiro atoms. The van der Waals surface area contributed by atoms with E-state index in [-0.39, 0.29) is 78.3 Å². The molecule has 0 heterocycles. The van der Waals surface area contributed by atoms with Crippen molar-refractivity contribution in [3.63, 3.8) is 0 Å². The summed E-state index contributed by atoms with van der Waals surface area (Å²) in [5, 5.41) is 0. The second kappa shape index (κ2) is 44.0. The quantitative estimate of drug-likeness (QED) is 0.142. The lowest BCUT2D eigenvalue weighted by Crippen LogP contribution is -2.24. The smallest absolute Gasteiger partial charge is 0.0347 e. The van der Waals surface area contributed by atoms with Gasteiger partial charge in [0.15, 0.2) is 0 Å². The van der Waals surface area contributed by atoms with Gasteiger partial charge in [0.05, 0.1) is 0 Å². The van der Waals surface area contributed by atoms with Gasteiger partial charge in [-0.05, 0) is 259 Å². The van der Waals surface area contributed by atoms with E-state index in [0.717, 1.165) is 44.5 Å². The molecule has 0 aliphatic carbocycles. The molecule has 0 radical (unpaired) electrons. The van der Waals surface area contributed by atoms with E-state index in [0.29, 0.717) is 29.5 Å². The number of hydrogen-bond donors (Lipinski definition) is 0. The third-order valence-corrected chi connectivity index (χ3v) is 20.6. The number of benzene rings is 8. The van der Waals surface area contributed by atoms with E-state index in [4.69, 9.17) is 16.4 Å². The zero-order chi connectivity index (χ0) is 102. The lowest BCUT2D eigenvalue weighted by molar-refractivity contribution is 0.521. The molecule has 0 aliphatic heterocycles. The Hall–Kier alpha value is -6.24. The van der Waals surface area contributed by atoms with Crippen molar-refractivity contribution in [2.24, 2.45) is 11.8 Å². The van der Waals surface area contributed by atoms with Crippen molar-refractivity contribution in [2.45, 2.75) is 442 Å². The molecule has 0 fully saturated rings. The highest BCUT2D eigenvalue weighted by atomic mass is 14.4. The SMILES string of the molecule is CC(C)(C)c1ccccc1C(C)(C)C.CC(C)c1ccccc1C(C)(C)C.Cc1cccc(C)c1C(C)(C)C.[2H]C(C)(C)c1cccc(C(C)(C)C)c1C(C)(C)C.[2H]C(C)(C)c1ccccc1C(C)(C)C.[2H]C([2H])([2H])c1cc(C)c(C(C)(C)C)c(C)c1.[2H]C([2H])(c1cccc(C([2H])([2H])C(C)C)c1C(C)(C)C)C(C)C.[2H]CC([2H])(C)c1cccc(C(C)(C)C[2H])c1C(C)(C)C. The molecule has 1 unspecified atom stereocenters. The van der Waals surface area contributed by atoms with Crippen LogP contribution in [-0.4, -0.2) is 0 Å². The molecule has 0 amide bonds. The summed E-state index contributed by atoms with van der Waals surface area (Å²) in [5.74, 6) is -1.69. The molecule has 8 aromatic carbocycles. The molecule has 0 aromatic heterocycles. The van der Waals surface area contributed by atoms with Gasteiger partial charge in [-0.1, -0.05) is 475 Å². The van der Waals surface area contributed by atoms with Gasteiger partial charge < -0.3 is 0 Å². The predicted molar refractivity (Wildman–Crippen MR) is 534 cm³/mol. The molecule has 0 aliphatic rings. The van der Waals surface area contributed by atoms with Gasteiger partial charge in [0.2, 0.25) is 0 Å². The van der Waals surface area contributed by atoms with Crippen molar-refractivity contribution in [3.05, 3.63) is 280 Å². The first kappa shape index (κ1) is 88.5. The van der Waals surface area contributed by atoms with Crippen molar-refractivity contribution >= 4 is 0 Å². The minimum absolute atomic E-state index is 0.0425. The van der Waals surface area contributed by atoms with Crippen molar-refractivity contribution in [1.29, 1.82) is 0 Å². The maximum Gasteiger partial charge on any atom is 0.0347 e. The first-order chi connectivity index (χ1) is 57.4. The van der Waals surface area contributed by atoms with Gasteiger partial charge in [-0.15, -0.1) is 0 Å². The van der Waals surface area contributed by atoms with Gasteiger partial charge in [-0.3, -0.25) is 0 Å². The monoisotopic (exact) mass is 1600 g/mol. The topological polar surface area (TPSA) is 0 Å². The second-order valence-corrected chi connectivity index (χ2v) is 45.5. The number of aryl methyl sites for hydroxylation is 5. The fourth-order valence-electron chi connectivity index (χ4n) is 16.1. The van der Waals surface area contributed by atoms with Gasteiger partial charge in [-0.2, -0.15) is 0 Å². The summed E-state index contributed by atoms with van der Waals surface area (Å²) in [6.07, 6.45) is -2.96. The number of hydrogen-bond acceptors (Lipinski definition) is 0. The van der Waals surface area contributed by atoms with Crippen LogP contribution in [0.4, 0.5) is 0 Å². The average Bonchev–Trinajstić information content (AvgIpc) is 0.759. The Kier molecular flexibility index (Phi) is 33.3. The largest absolute Gasteiger partial charge is 0.0625 e. The molecule has 117 heavy (non-hydrogen) atoms. The molecule has 8 aromatic rings. The number of rotatable bonds is 8. The summed E-state index contributed by atoms with van der Waals surface area (Å²) in [6.45, 7) is 98.8. The first-order valence-electron chi connectivity index (χ1n) is 50.3. The van der Waals surface area contributed by atoms with E-state index >= 15 is 0 Å². The lowest BCUT2D eigenvalue weighted by atomic mass is 9.71. The van der Waals surface area contributed by atoms with Crippen molar-refractivity contribution in [1.82, 2.24) is 0 Å². The molecular formula is C117H186. The highest BCUT2D eigenvalue weighted by Crippen LogP contribution is 2.42. The summed E-state index contributed by atoms with van der Waals surface area (Å²) in [7, 11) is 0. The first-order valence-corrected chi connectivity index (χ1v) is 43.9. The molecular weight excluding hydrogens is 1410 g/mol. The fourth-order valence-corrected chi connectivity index (χ4v) is 16.1. The van der Waals surface area contributed by atoms with E-state index in [1.807, 2.05) is 127 Å². The van der Waals surface area contributed by atoms with Crippen LogP contribution < -0.4 is 0 Å². The molecule has 0 nitrogen and oxygen atoms in total. The molecule has 0 saturated heterocycles. The molecule has 0 N–H and O–H groups in total. The van der Waals surface area contributed by atoms with Crippen LogP contribution in [-0.2, 0) is 72.3 Å². The molecule has 0 bridgehead atoms. The second-order valence-electron chi connectivity index (χ2n) is 45.5. The summed E-state index contributed by atoms with van der Waals surface area (Å²) >= 11 is 0. The van der Waals surface area contributed by atoms with E-state index < -0.39 is 37.3 Å². The molecule has 8 rings (SSSR count). The van der Waals surface area contributed by atoms with Gasteiger partial charge in [0.25, 0.3) is 0 Å². The molecule has 0 saturated carbocycles. The van der Waals surface area contributed by atoms with Crippen LogP contribution in [0.15, 0.2) is 158 Å². The Balaban J connectivity index is 0.000000742. The minimum Gasteiger partial charge on any atom is -0.0625 e. The van der Waals surface area contributed by atoms with Gasteiger partial charge >= 0.3 is 0 Å². The third-order valence-electron chi connectivity index (χ3n) is 20.6. The van der Waals surface area contributed by atoms with Crippen molar-refractivity contribution < 1.29 is 16.4 Å². The van der Waals surface area contributed by atoms with Gasteiger partial charge in [0.1, 0.15) is 0 Å². The fraction of sp³-hybridized carbons (Fsp3) is 0.590. The maximum absolute atomic E-state index is 8.50. The van der Waals surface area contributed by atoms with Crippen LogP contribution in [0, 0.1) is 46.4 Å². The Morgan fingerprint density at radius 3 is 0.786 bits per heavy atom. The zero-order valence-corrected chi connectivity index (χ0v) is 84.7. The van der Waals surface area contributed by atoms with Crippen LogP contribution in [0.2, 0.25) is 0 Å². The summed E-state index contributed by atoms with van der Waals surface area (Å²) < 4.78 is 96.7. The standard InChI is InChI=1S/C18H30.2C17H28.C14H22.3C13H20.C12H18/c1-13(2)11-15-9-8-10-16(12-14(3)4)17(15)18(5,6)7;2*1-12(2)13-10-9-11-14(16(3,4)5)15(13)17(6,7)8;1-13(2,3)11-9-7-8-10-12(11)14(4,5)6;1-9-7-10(2)12(11(3)8-9)13(4,5)6;2*1-10(2)11-8-6-7-9-12(11)13(3,4)5;1-9-7-6-8-10(2)11(9)12(3,4)5/h8-10,13-14H,11-12H2,1-7H3;2*9-12H,1-8H3;7-10H,1-6H3;7-8H,1-6H3;2*6-10H,1-5H3;6-8H,1-5H3/i11D2,12D2;1D,3D,12D;12D;;1D3;10D;;. The average molecular weight is 1600 g/mol. The summed E-state index contributed by atoms with van der Waals surface area (Å²) in [6, 6.07) is 53.8. The third kappa shape index (κ3) is 35.8. The molecule has 0 heteroatoms. The van der Waals surface area contributed by atoms with Crippen LogP contribution >= 0.6 is 0 Å². The van der Waals surface area contributed by atoms with Crippen LogP contribution in [0.1, 0.15) is 474 Å². The van der Waals surface area contributed by atoms with Crippen LogP contribution in [0.3, 0.4) is 0 Å². The van der Waals surface area contributed by atoms with E-state index in [2.05, 4.69) is 338 Å². The minimum atomic E-state index is -2.01. The summed E-state index contributed by atoms with van der Waals surface area (Å²) in [5.41, 5.74) is 26.3. The van der Waals surface area contributed by atoms with E-state index in [1.54, 1.807) is 18.2 Å². The lowest BCUT2D eigenvalue weighted by Gasteiger charge is -2.33. The Morgan fingerprint density at radius 2 is 0.521 bits per heavy atom. The van der Waals surface area contributed by atoms with Crippen LogP contribution in [0.25, 0.3) is 0 Å². The summed E-state index contributed by atoms with van der Waals surface area (Å²) in [4.78, 5) is 0. The van der Waals surface area contributed by atoms with Gasteiger partial charge in [-0.25, -0.2) is 0 Å². The Bertz CT molecular complexity index is 4520. The maximum atomic E-state index is 8.50. The normalized spacial score (nSPS) is 15.1. The highest BCUT2D eigenvalue weighted by Gasteiger charge is 2.32. The van der Waals surface area contributed by atoms with Gasteiger partial charge in [0, 0.05) is 16.4 Å². The van der Waals surface area contributed by atoms with Crippen molar-refractivity contribution in [2.75, 3.05) is 0 Å². The molecule has 1 atom stereocenters.